The first kappa shape index (κ1) is 43.3. The molecule has 60 heavy (non-hydrogen) atoms. The van der Waals surface area contributed by atoms with Crippen LogP contribution >= 0.6 is 0 Å². The van der Waals surface area contributed by atoms with Gasteiger partial charge in [0.05, 0.1) is 29.0 Å². The van der Waals surface area contributed by atoms with Gasteiger partial charge in [0.2, 0.25) is 0 Å². The SMILES string of the molecule is Cc1nccnc1N(C)[CH-]Nc1[c-]c(N2[CH-]N(C)c3nccnc32)cc(-c2c(C(C)C)cc(C(C)C)cc2C(C)C)c1.N#Cc1ccc2[n-]c3ccc(C#N)cc3c2c1.[Pt+4]. The summed E-state index contributed by atoms with van der Waals surface area (Å²) in [6.45, 7) is 19.5. The van der Waals surface area contributed by atoms with E-state index in [1.54, 1.807) is 36.9 Å². The van der Waals surface area contributed by atoms with Gasteiger partial charge in [0.25, 0.3) is 0 Å². The Hall–Kier alpha value is -6.29. The molecule has 11 nitrogen and oxygen atoms in total. The molecule has 304 valence electrons. The largest absolute Gasteiger partial charge is 4.00 e. The van der Waals surface area contributed by atoms with E-state index in [0.717, 1.165) is 61.9 Å². The summed E-state index contributed by atoms with van der Waals surface area (Å²) in [5.41, 5.74) is 12.0. The minimum atomic E-state index is 0. The first-order chi connectivity index (χ1) is 28.4. The van der Waals surface area contributed by atoms with E-state index in [2.05, 4.69) is 119 Å². The Morgan fingerprint density at radius 1 is 0.767 bits per heavy atom. The number of benzene rings is 4. The minimum absolute atomic E-state index is 0. The maximum atomic E-state index is 8.88. The predicted octanol–water partition coefficient (Wildman–Crippen LogP) is 10.5. The number of fused-ring (bicyclic) bond motifs is 4. The van der Waals surface area contributed by atoms with E-state index in [9.17, 15) is 0 Å². The Labute approximate surface area is 367 Å². The molecule has 7 aromatic rings. The number of nitrogens with zero attached hydrogens (tertiary/aromatic N) is 10. The molecular weight excluding hydrogens is 926 g/mol. The number of aryl methyl sites for hydroxylation is 1. The van der Waals surface area contributed by atoms with Gasteiger partial charge in [-0.25, -0.2) is 15.0 Å². The van der Waals surface area contributed by atoms with E-state index in [1.807, 2.05) is 68.4 Å². The number of nitriles is 2. The summed E-state index contributed by atoms with van der Waals surface area (Å²) in [5.74, 6) is 3.53. The second-order valence-electron chi connectivity index (χ2n) is 15.7. The Morgan fingerprint density at radius 3 is 1.88 bits per heavy atom. The van der Waals surface area contributed by atoms with Crippen molar-refractivity contribution in [2.24, 2.45) is 0 Å². The van der Waals surface area contributed by atoms with Gasteiger partial charge in [0, 0.05) is 24.8 Å². The molecule has 4 heterocycles. The predicted molar refractivity (Wildman–Crippen MR) is 237 cm³/mol. The van der Waals surface area contributed by atoms with Gasteiger partial charge in [-0.3, -0.25) is 4.98 Å². The summed E-state index contributed by atoms with van der Waals surface area (Å²) in [6.07, 6.45) is 6.86. The first-order valence-electron chi connectivity index (χ1n) is 19.7. The van der Waals surface area contributed by atoms with Crippen LogP contribution in [0.25, 0.3) is 32.9 Å². The zero-order valence-corrected chi connectivity index (χ0v) is 37.5. The van der Waals surface area contributed by atoms with E-state index in [-0.39, 0.29) is 21.1 Å². The molecule has 0 fully saturated rings. The topological polar surface area (TPSA) is 135 Å². The average molecular weight is 973 g/mol. The molecule has 1 aliphatic heterocycles. The molecule has 8 rings (SSSR count). The van der Waals surface area contributed by atoms with Crippen molar-refractivity contribution in [1.29, 1.82) is 10.5 Å². The molecular formula is C48H47N11Pt. The van der Waals surface area contributed by atoms with Crippen molar-refractivity contribution < 1.29 is 21.1 Å². The molecule has 0 unspecified atom stereocenters. The summed E-state index contributed by atoms with van der Waals surface area (Å²) in [4.78, 5) is 28.5. The minimum Gasteiger partial charge on any atom is -0.657 e. The molecule has 4 aromatic carbocycles. The molecule has 0 spiro atoms. The van der Waals surface area contributed by atoms with Crippen LogP contribution < -0.4 is 25.0 Å². The molecule has 0 radical (unpaired) electrons. The van der Waals surface area contributed by atoms with Gasteiger partial charge in [-0.1, -0.05) is 65.8 Å². The van der Waals surface area contributed by atoms with Gasteiger partial charge in [0.15, 0.2) is 0 Å². The summed E-state index contributed by atoms with van der Waals surface area (Å²) in [7, 11) is 3.95. The average Bonchev–Trinajstić information content (AvgIpc) is 3.78. The van der Waals surface area contributed by atoms with Gasteiger partial charge in [-0.2, -0.15) is 17.2 Å². The fraction of sp³-hybridized carbons (Fsp3) is 0.250. The standard InChI is InChI=1S/C34H41N8.C14H6N3.Pt/c1-21(2)25-16-29(22(3)4)31(30(17-25)23(5)6)26-14-27(39-19-40(8)32-24(7)35-10-11-36-32)18-28(15-26)42-20-41(9)33-34(42)38-13-12-37-33;15-7-9-1-3-13-11(5-9)12-6-10(8-16)2-4-14(12)17-13;/h10-17,19-23,39H,1-9H3;1-6H;/q-3;-1;+4. The normalized spacial score (nSPS) is 12.0. The Morgan fingerprint density at radius 2 is 1.33 bits per heavy atom. The van der Waals surface area contributed by atoms with Crippen LogP contribution in [0.2, 0.25) is 0 Å². The molecule has 0 saturated heterocycles. The summed E-state index contributed by atoms with van der Waals surface area (Å²) < 4.78 is 0. The fourth-order valence-corrected chi connectivity index (χ4v) is 7.34. The Balaban J connectivity index is 0.000000278. The molecule has 0 saturated carbocycles. The molecule has 1 N–H and O–H groups in total. The van der Waals surface area contributed by atoms with Crippen molar-refractivity contribution >= 4 is 50.6 Å². The zero-order chi connectivity index (χ0) is 42.0. The van der Waals surface area contributed by atoms with Crippen LogP contribution in [0.5, 0.6) is 0 Å². The number of aromatic nitrogens is 5. The van der Waals surface area contributed by atoms with Gasteiger partial charge in [-0.05, 0) is 96.1 Å². The number of hydrogen-bond acceptors (Lipinski definition) is 10. The van der Waals surface area contributed by atoms with E-state index >= 15 is 0 Å². The Bertz CT molecular complexity index is 2640. The number of rotatable bonds is 9. The van der Waals surface area contributed by atoms with E-state index in [4.69, 9.17) is 10.5 Å². The monoisotopic (exact) mass is 972 g/mol. The van der Waals surface area contributed by atoms with Gasteiger partial charge >= 0.3 is 21.1 Å². The summed E-state index contributed by atoms with van der Waals surface area (Å²) in [5, 5.41) is 23.1. The van der Waals surface area contributed by atoms with E-state index < -0.39 is 0 Å². The van der Waals surface area contributed by atoms with Crippen molar-refractivity contribution in [3.05, 3.63) is 138 Å². The maximum absolute atomic E-state index is 8.88. The molecule has 0 aliphatic carbocycles. The van der Waals surface area contributed by atoms with Crippen molar-refractivity contribution in [2.75, 3.05) is 34.1 Å². The van der Waals surface area contributed by atoms with E-state index in [1.165, 1.54) is 22.3 Å². The van der Waals surface area contributed by atoms with Crippen molar-refractivity contribution in [3.63, 3.8) is 0 Å². The molecule has 12 heteroatoms. The molecule has 0 amide bonds. The Kier molecular flexibility index (Phi) is 13.2. The van der Waals surface area contributed by atoms with Crippen molar-refractivity contribution in [2.45, 2.75) is 66.2 Å². The number of anilines is 5. The van der Waals surface area contributed by atoms with Gasteiger partial charge in [0.1, 0.15) is 17.5 Å². The quantitative estimate of drug-likeness (QED) is 0.139. The van der Waals surface area contributed by atoms with Crippen molar-refractivity contribution in [1.82, 2.24) is 24.9 Å². The fourth-order valence-electron chi connectivity index (χ4n) is 7.34. The van der Waals surface area contributed by atoms with Crippen LogP contribution in [0.3, 0.4) is 0 Å². The van der Waals surface area contributed by atoms with Crippen LogP contribution in [0.1, 0.15) is 92.8 Å². The summed E-state index contributed by atoms with van der Waals surface area (Å²) in [6, 6.07) is 27.8. The van der Waals surface area contributed by atoms with Crippen LogP contribution in [-0.2, 0) is 21.1 Å². The van der Waals surface area contributed by atoms with E-state index in [0.29, 0.717) is 28.9 Å². The van der Waals surface area contributed by atoms with Gasteiger partial charge < -0.3 is 25.0 Å². The first-order valence-corrected chi connectivity index (χ1v) is 19.7. The number of nitrogens with one attached hydrogen (secondary N) is 1. The smallest absolute Gasteiger partial charge is 0.657 e. The van der Waals surface area contributed by atoms with Crippen LogP contribution in [0, 0.1) is 49.0 Å². The van der Waals surface area contributed by atoms with Crippen LogP contribution in [-0.4, -0.2) is 34.0 Å². The van der Waals surface area contributed by atoms with Gasteiger partial charge in [-0.15, -0.1) is 52.8 Å². The maximum Gasteiger partial charge on any atom is 4.00 e. The third kappa shape index (κ3) is 8.83. The molecule has 3 aromatic heterocycles. The molecule has 0 atom stereocenters. The van der Waals surface area contributed by atoms with Crippen LogP contribution in [0.4, 0.5) is 28.8 Å². The third-order valence-corrected chi connectivity index (χ3v) is 10.4. The zero-order valence-electron chi connectivity index (χ0n) is 35.3. The second-order valence-corrected chi connectivity index (χ2v) is 15.7. The molecule has 0 bridgehead atoms. The second kappa shape index (κ2) is 18.3. The van der Waals surface area contributed by atoms with Crippen molar-refractivity contribution in [3.8, 4) is 23.3 Å². The summed E-state index contributed by atoms with van der Waals surface area (Å²) >= 11 is 0. The van der Waals surface area contributed by atoms with Crippen LogP contribution in [0.15, 0.2) is 85.5 Å². The molecule has 1 aliphatic rings. The number of hydrogen-bond donors (Lipinski definition) is 1. The third-order valence-electron chi connectivity index (χ3n) is 10.4.